The lowest BCUT2D eigenvalue weighted by Gasteiger charge is -2.11. The monoisotopic (exact) mass is 234 g/mol. The average Bonchev–Trinajstić information content (AvgIpc) is 2.32. The first-order chi connectivity index (χ1) is 8.22. The molecule has 0 fully saturated rings. The lowest BCUT2D eigenvalue weighted by Crippen LogP contribution is -1.97. The molecule has 1 rings (SSSR count). The first kappa shape index (κ1) is 14.1. The Hall–Kier alpha value is -0.980. The molecule has 0 saturated carbocycles. The molecule has 0 aliphatic heterocycles. The van der Waals surface area contributed by atoms with Gasteiger partial charge in [-0.15, -0.1) is 0 Å². The second kappa shape index (κ2) is 8.16. The minimum Gasteiger partial charge on any atom is -0.508 e. The minimum atomic E-state index is 0.387. The maximum absolute atomic E-state index is 9.38. The molecule has 96 valence electrons. The van der Waals surface area contributed by atoms with Crippen molar-refractivity contribution in [3.05, 3.63) is 29.8 Å². The van der Waals surface area contributed by atoms with Crippen molar-refractivity contribution in [3.8, 4) is 5.75 Å². The third-order valence-electron chi connectivity index (χ3n) is 3.39. The Kier molecular flexibility index (Phi) is 6.76. The van der Waals surface area contributed by atoms with Gasteiger partial charge in [0.25, 0.3) is 0 Å². The molecule has 17 heavy (non-hydrogen) atoms. The van der Waals surface area contributed by atoms with Crippen LogP contribution in [0.15, 0.2) is 24.3 Å². The Morgan fingerprint density at radius 1 is 1.12 bits per heavy atom. The van der Waals surface area contributed by atoms with Crippen molar-refractivity contribution in [2.45, 2.75) is 58.8 Å². The predicted molar refractivity (Wildman–Crippen MR) is 74.4 cm³/mol. The normalized spacial score (nSPS) is 12.6. The number of hydrogen-bond donors (Lipinski definition) is 1. The summed E-state index contributed by atoms with van der Waals surface area (Å²) < 4.78 is 0. The molecule has 1 aromatic rings. The molecule has 1 N–H and O–H groups in total. The number of aryl methyl sites for hydroxylation is 1. The highest BCUT2D eigenvalue weighted by Crippen LogP contribution is 2.18. The second-order valence-electron chi connectivity index (χ2n) is 5.16. The van der Waals surface area contributed by atoms with Crippen LogP contribution in [0.5, 0.6) is 5.75 Å². The quantitative estimate of drug-likeness (QED) is 0.632. The number of hydrogen-bond acceptors (Lipinski definition) is 1. The summed E-state index contributed by atoms with van der Waals surface area (Å²) in [6.45, 7) is 4.60. The third-order valence-corrected chi connectivity index (χ3v) is 3.39. The summed E-state index contributed by atoms with van der Waals surface area (Å²) in [7, 11) is 0. The van der Waals surface area contributed by atoms with Crippen molar-refractivity contribution in [1.82, 2.24) is 0 Å². The van der Waals surface area contributed by atoms with Crippen LogP contribution >= 0.6 is 0 Å². The number of rotatable bonds is 8. The van der Waals surface area contributed by atoms with Crippen LogP contribution < -0.4 is 0 Å². The van der Waals surface area contributed by atoms with Gasteiger partial charge in [0.1, 0.15) is 5.75 Å². The van der Waals surface area contributed by atoms with Gasteiger partial charge < -0.3 is 5.11 Å². The van der Waals surface area contributed by atoms with Crippen molar-refractivity contribution in [2.24, 2.45) is 5.92 Å². The van der Waals surface area contributed by atoms with Gasteiger partial charge in [0.05, 0.1) is 0 Å². The summed E-state index contributed by atoms with van der Waals surface area (Å²) in [5.41, 5.74) is 1.26. The molecule has 1 heteroatoms. The SMILES string of the molecule is CCCCCCC(C)CCc1cccc(O)c1. The Morgan fingerprint density at radius 2 is 1.94 bits per heavy atom. The summed E-state index contributed by atoms with van der Waals surface area (Å²) in [5, 5.41) is 9.38. The highest BCUT2D eigenvalue weighted by molar-refractivity contribution is 5.27. The molecule has 0 radical (unpaired) electrons. The van der Waals surface area contributed by atoms with Crippen molar-refractivity contribution >= 4 is 0 Å². The smallest absolute Gasteiger partial charge is 0.115 e. The maximum Gasteiger partial charge on any atom is 0.115 e. The second-order valence-corrected chi connectivity index (χ2v) is 5.16. The zero-order valence-electron chi connectivity index (χ0n) is 11.3. The van der Waals surface area contributed by atoms with E-state index in [-0.39, 0.29) is 0 Å². The minimum absolute atomic E-state index is 0.387. The molecule has 0 saturated heterocycles. The zero-order chi connectivity index (χ0) is 12.5. The van der Waals surface area contributed by atoms with Gasteiger partial charge in [-0.2, -0.15) is 0 Å². The van der Waals surface area contributed by atoms with Gasteiger partial charge >= 0.3 is 0 Å². The van der Waals surface area contributed by atoms with Crippen LogP contribution in [0.1, 0.15) is 57.9 Å². The van der Waals surface area contributed by atoms with Gasteiger partial charge in [0.15, 0.2) is 0 Å². The van der Waals surface area contributed by atoms with Gasteiger partial charge in [0, 0.05) is 0 Å². The Bertz CT molecular complexity index is 306. The molecule has 0 heterocycles. The van der Waals surface area contributed by atoms with Gasteiger partial charge in [-0.1, -0.05) is 58.1 Å². The lowest BCUT2D eigenvalue weighted by molar-refractivity contribution is 0.457. The molecule has 0 spiro atoms. The Morgan fingerprint density at radius 3 is 2.65 bits per heavy atom. The van der Waals surface area contributed by atoms with E-state index in [1.54, 1.807) is 6.07 Å². The molecule has 0 aliphatic rings. The largest absolute Gasteiger partial charge is 0.508 e. The number of aromatic hydroxyl groups is 1. The van der Waals surface area contributed by atoms with Gasteiger partial charge in [-0.25, -0.2) is 0 Å². The fraction of sp³-hybridized carbons (Fsp3) is 0.625. The molecule has 0 aliphatic carbocycles. The van der Waals surface area contributed by atoms with E-state index in [4.69, 9.17) is 0 Å². The summed E-state index contributed by atoms with van der Waals surface area (Å²) in [5.74, 6) is 1.19. The van der Waals surface area contributed by atoms with Crippen LogP contribution in [0.4, 0.5) is 0 Å². The van der Waals surface area contributed by atoms with E-state index in [0.29, 0.717) is 5.75 Å². The summed E-state index contributed by atoms with van der Waals surface area (Å²) >= 11 is 0. The molecule has 1 unspecified atom stereocenters. The lowest BCUT2D eigenvalue weighted by atomic mass is 9.95. The molecule has 1 atom stereocenters. The van der Waals surface area contributed by atoms with E-state index in [9.17, 15) is 5.11 Å². The molecular weight excluding hydrogens is 208 g/mol. The van der Waals surface area contributed by atoms with Crippen LogP contribution in [0.2, 0.25) is 0 Å². The molecular formula is C16H26O. The van der Waals surface area contributed by atoms with Crippen LogP contribution in [0, 0.1) is 5.92 Å². The number of phenolic OH excluding ortho intramolecular Hbond substituents is 1. The fourth-order valence-electron chi connectivity index (χ4n) is 2.19. The van der Waals surface area contributed by atoms with E-state index in [1.807, 2.05) is 12.1 Å². The van der Waals surface area contributed by atoms with E-state index in [0.717, 1.165) is 12.3 Å². The van der Waals surface area contributed by atoms with Crippen LogP contribution in [0.3, 0.4) is 0 Å². The molecule has 1 aromatic carbocycles. The highest BCUT2D eigenvalue weighted by atomic mass is 16.3. The zero-order valence-corrected chi connectivity index (χ0v) is 11.3. The van der Waals surface area contributed by atoms with Crippen LogP contribution in [-0.2, 0) is 6.42 Å². The molecule has 0 aromatic heterocycles. The molecule has 0 amide bonds. The van der Waals surface area contributed by atoms with E-state index in [1.165, 1.54) is 44.1 Å². The standard InChI is InChI=1S/C16H26O/c1-3-4-5-6-8-14(2)11-12-15-9-7-10-16(17)13-15/h7,9-10,13-14,17H,3-6,8,11-12H2,1-2H3. The van der Waals surface area contributed by atoms with Crippen molar-refractivity contribution in [1.29, 1.82) is 0 Å². The van der Waals surface area contributed by atoms with Crippen molar-refractivity contribution in [2.75, 3.05) is 0 Å². The van der Waals surface area contributed by atoms with Crippen LogP contribution in [-0.4, -0.2) is 5.11 Å². The van der Waals surface area contributed by atoms with E-state index >= 15 is 0 Å². The first-order valence-corrected chi connectivity index (χ1v) is 7.00. The third kappa shape index (κ3) is 6.35. The Balaban J connectivity index is 2.17. The number of unbranched alkanes of at least 4 members (excludes halogenated alkanes) is 3. The van der Waals surface area contributed by atoms with E-state index in [2.05, 4.69) is 19.9 Å². The molecule has 0 bridgehead atoms. The van der Waals surface area contributed by atoms with Crippen LogP contribution in [0.25, 0.3) is 0 Å². The summed E-state index contributed by atoms with van der Waals surface area (Å²) in [6.07, 6.45) is 9.11. The average molecular weight is 234 g/mol. The topological polar surface area (TPSA) is 20.2 Å². The fourth-order valence-corrected chi connectivity index (χ4v) is 2.19. The van der Waals surface area contributed by atoms with Gasteiger partial charge in [0.2, 0.25) is 0 Å². The predicted octanol–water partition coefficient (Wildman–Crippen LogP) is 4.93. The van der Waals surface area contributed by atoms with Gasteiger partial charge in [-0.05, 0) is 36.5 Å². The maximum atomic E-state index is 9.38. The Labute approximate surface area is 106 Å². The molecule has 1 nitrogen and oxygen atoms in total. The van der Waals surface area contributed by atoms with Crippen molar-refractivity contribution in [3.63, 3.8) is 0 Å². The van der Waals surface area contributed by atoms with Gasteiger partial charge in [-0.3, -0.25) is 0 Å². The first-order valence-electron chi connectivity index (χ1n) is 7.00. The van der Waals surface area contributed by atoms with E-state index < -0.39 is 0 Å². The highest BCUT2D eigenvalue weighted by Gasteiger charge is 2.03. The summed E-state index contributed by atoms with van der Waals surface area (Å²) in [4.78, 5) is 0. The van der Waals surface area contributed by atoms with Crippen molar-refractivity contribution < 1.29 is 5.11 Å². The number of phenols is 1. The number of benzene rings is 1. The summed E-state index contributed by atoms with van der Waals surface area (Å²) in [6, 6.07) is 7.64.